The minimum absolute atomic E-state index is 0.0276. The van der Waals surface area contributed by atoms with E-state index in [0.717, 1.165) is 63.4 Å². The first-order valence-electron chi connectivity index (χ1n) is 15.1. The van der Waals surface area contributed by atoms with Crippen LogP contribution in [0.2, 0.25) is 0 Å². The number of allylic oxidation sites excluding steroid dienone is 4. The fourth-order valence-electron chi connectivity index (χ4n) is 10.6. The normalized spacial score (nSPS) is 44.9. The van der Waals surface area contributed by atoms with Crippen LogP contribution in [-0.4, -0.2) is 29.8 Å². The molecule has 1 N–H and O–H groups in total. The van der Waals surface area contributed by atoms with E-state index in [0.29, 0.717) is 6.61 Å². The lowest BCUT2D eigenvalue weighted by Gasteiger charge is -2.68. The summed E-state index contributed by atoms with van der Waals surface area (Å²) < 4.78 is 5.35. The van der Waals surface area contributed by atoms with Gasteiger partial charge in [-0.15, -0.1) is 0 Å². The molecule has 210 valence electrons. The molecule has 0 bridgehead atoms. The number of ether oxygens (including phenoxy) is 1. The van der Waals surface area contributed by atoms with Crippen molar-refractivity contribution < 1.29 is 19.1 Å². The summed E-state index contributed by atoms with van der Waals surface area (Å²) in [6.07, 6.45) is 11.5. The Morgan fingerprint density at radius 2 is 1.74 bits per heavy atom. The molecule has 1 spiro atoms. The third-order valence-electron chi connectivity index (χ3n) is 12.9. The van der Waals surface area contributed by atoms with Gasteiger partial charge in [0.1, 0.15) is 6.07 Å². The van der Waals surface area contributed by atoms with Crippen LogP contribution in [0.4, 0.5) is 4.79 Å². The van der Waals surface area contributed by atoms with Gasteiger partial charge in [-0.3, -0.25) is 9.59 Å². The summed E-state index contributed by atoms with van der Waals surface area (Å²) in [5.41, 5.74) is -0.334. The number of nitrogens with zero attached hydrogens (tertiary/aromatic N) is 1. The third kappa shape index (κ3) is 3.34. The van der Waals surface area contributed by atoms with Crippen LogP contribution in [-0.2, 0) is 14.3 Å². The number of alkyl carbamates (subject to hydrolysis) is 1. The minimum atomic E-state index is -0.477. The number of carbonyl (C=O) groups is 3. The number of hydrogen-bond donors (Lipinski definition) is 1. The van der Waals surface area contributed by atoms with Gasteiger partial charge in [0.15, 0.2) is 11.6 Å². The summed E-state index contributed by atoms with van der Waals surface area (Å²) in [5, 5.41) is 13.2. The van der Waals surface area contributed by atoms with E-state index in [1.165, 1.54) is 0 Å². The number of nitrogens with one attached hydrogen (secondary N) is 1. The Morgan fingerprint density at radius 1 is 1.05 bits per heavy atom. The molecule has 0 unspecified atom stereocenters. The molecule has 0 aromatic rings. The van der Waals surface area contributed by atoms with Gasteiger partial charge in [-0.25, -0.2) is 4.79 Å². The van der Waals surface area contributed by atoms with Crippen molar-refractivity contribution in [2.24, 2.45) is 44.8 Å². The molecule has 4 fully saturated rings. The van der Waals surface area contributed by atoms with Crippen molar-refractivity contribution in [2.45, 2.75) is 105 Å². The smallest absolute Gasteiger partial charge is 0.407 e. The quantitative estimate of drug-likeness (QED) is 0.440. The van der Waals surface area contributed by atoms with Crippen LogP contribution in [0.25, 0.3) is 0 Å². The summed E-state index contributed by atoms with van der Waals surface area (Å²) in [6, 6.07) is 2.22. The molecule has 0 saturated heterocycles. The Labute approximate surface area is 233 Å². The van der Waals surface area contributed by atoms with Crippen LogP contribution < -0.4 is 5.32 Å². The fourth-order valence-corrected chi connectivity index (χ4v) is 10.6. The fraction of sp³-hybridized carbons (Fsp3) is 0.758. The second-order valence-electron chi connectivity index (χ2n) is 15.2. The van der Waals surface area contributed by atoms with E-state index < -0.39 is 16.4 Å². The van der Waals surface area contributed by atoms with Gasteiger partial charge in [0.05, 0.1) is 12.2 Å². The van der Waals surface area contributed by atoms with Crippen LogP contribution in [0, 0.1) is 56.2 Å². The highest BCUT2D eigenvalue weighted by Gasteiger charge is 2.72. The van der Waals surface area contributed by atoms with E-state index in [9.17, 15) is 19.6 Å². The molecule has 6 nitrogen and oxygen atoms in total. The summed E-state index contributed by atoms with van der Waals surface area (Å²) in [7, 11) is 0. The molecule has 6 heteroatoms. The van der Waals surface area contributed by atoms with Crippen molar-refractivity contribution in [1.29, 1.82) is 5.26 Å². The number of nitriles is 1. The number of amides is 1. The monoisotopic (exact) mass is 532 g/mol. The van der Waals surface area contributed by atoms with E-state index in [1.807, 2.05) is 19.1 Å². The third-order valence-corrected chi connectivity index (χ3v) is 12.9. The Hall–Kier alpha value is -2.42. The SMILES string of the molecule is CCOC(=O)N[C@]12CCC(C)(C)C[C@H]1[C@H]1C(=O)C=C3[C@@]4(C)C=C(C#N)C(=O)C5(CC5)[C@@H]4CC[C@@]3(C)[C@]1(C)CC2. The summed E-state index contributed by atoms with van der Waals surface area (Å²) in [4.78, 5) is 40.6. The predicted molar refractivity (Wildman–Crippen MR) is 147 cm³/mol. The molecule has 39 heavy (non-hydrogen) atoms. The van der Waals surface area contributed by atoms with E-state index in [4.69, 9.17) is 4.74 Å². The van der Waals surface area contributed by atoms with E-state index in [2.05, 4.69) is 46.0 Å². The molecule has 6 rings (SSSR count). The first-order chi connectivity index (χ1) is 18.2. The molecule has 0 radical (unpaired) electrons. The van der Waals surface area contributed by atoms with Crippen molar-refractivity contribution >= 4 is 17.7 Å². The molecule has 1 amide bonds. The van der Waals surface area contributed by atoms with Crippen molar-refractivity contribution in [3.8, 4) is 6.07 Å². The molecule has 0 heterocycles. The van der Waals surface area contributed by atoms with Crippen LogP contribution in [0.15, 0.2) is 23.3 Å². The number of Topliss-reactive ketones (excluding diaryl/α,β-unsaturated/α-hetero) is 1. The molecule has 7 atom stereocenters. The zero-order valence-electron chi connectivity index (χ0n) is 24.5. The van der Waals surface area contributed by atoms with Gasteiger partial charge in [0.2, 0.25) is 0 Å². The van der Waals surface area contributed by atoms with Crippen LogP contribution in [0.3, 0.4) is 0 Å². The highest BCUT2D eigenvalue weighted by molar-refractivity contribution is 6.06. The highest BCUT2D eigenvalue weighted by atomic mass is 16.5. The zero-order chi connectivity index (χ0) is 28.2. The number of ketones is 2. The topological polar surface area (TPSA) is 96.3 Å². The lowest BCUT2D eigenvalue weighted by atomic mass is 9.35. The maximum atomic E-state index is 14.5. The summed E-state index contributed by atoms with van der Waals surface area (Å²) >= 11 is 0. The van der Waals surface area contributed by atoms with E-state index in [-0.39, 0.29) is 57.2 Å². The summed E-state index contributed by atoms with van der Waals surface area (Å²) in [5.74, 6) is 0.174. The lowest BCUT2D eigenvalue weighted by Crippen LogP contribution is -2.69. The molecule has 0 aromatic carbocycles. The lowest BCUT2D eigenvalue weighted by molar-refractivity contribution is -0.159. The molecule has 4 saturated carbocycles. The average molecular weight is 533 g/mol. The van der Waals surface area contributed by atoms with E-state index in [1.54, 1.807) is 0 Å². The molecular weight excluding hydrogens is 488 g/mol. The second kappa shape index (κ2) is 8.08. The van der Waals surface area contributed by atoms with Crippen LogP contribution >= 0.6 is 0 Å². The summed E-state index contributed by atoms with van der Waals surface area (Å²) in [6.45, 7) is 13.6. The minimum Gasteiger partial charge on any atom is -0.450 e. The molecule has 0 aliphatic heterocycles. The van der Waals surface area contributed by atoms with Gasteiger partial charge in [-0.1, -0.05) is 46.3 Å². The highest BCUT2D eigenvalue weighted by Crippen LogP contribution is 2.76. The van der Waals surface area contributed by atoms with Crippen LogP contribution in [0.1, 0.15) is 99.3 Å². The first-order valence-corrected chi connectivity index (χ1v) is 15.1. The number of rotatable bonds is 2. The van der Waals surface area contributed by atoms with Gasteiger partial charge in [0, 0.05) is 22.3 Å². The maximum Gasteiger partial charge on any atom is 0.407 e. The van der Waals surface area contributed by atoms with Gasteiger partial charge in [-0.05, 0) is 98.9 Å². The molecule has 6 aliphatic rings. The van der Waals surface area contributed by atoms with Gasteiger partial charge in [0.25, 0.3) is 0 Å². The van der Waals surface area contributed by atoms with Gasteiger partial charge in [-0.2, -0.15) is 5.26 Å². The molecule has 6 aliphatic carbocycles. The number of carbonyl (C=O) groups excluding carboxylic acids is 3. The zero-order valence-corrected chi connectivity index (χ0v) is 24.5. The number of hydrogen-bond acceptors (Lipinski definition) is 5. The van der Waals surface area contributed by atoms with Crippen LogP contribution in [0.5, 0.6) is 0 Å². The molecular formula is C33H44N2O4. The number of fused-ring (bicyclic) bond motifs is 8. The Morgan fingerprint density at radius 3 is 2.38 bits per heavy atom. The van der Waals surface area contributed by atoms with Gasteiger partial charge < -0.3 is 10.1 Å². The predicted octanol–water partition coefficient (Wildman–Crippen LogP) is 6.46. The van der Waals surface area contributed by atoms with Crippen molar-refractivity contribution in [1.82, 2.24) is 5.32 Å². The molecule has 0 aromatic heterocycles. The van der Waals surface area contributed by atoms with Crippen molar-refractivity contribution in [2.75, 3.05) is 6.61 Å². The Balaban J connectivity index is 1.48. The maximum absolute atomic E-state index is 14.5. The van der Waals surface area contributed by atoms with E-state index >= 15 is 0 Å². The second-order valence-corrected chi connectivity index (χ2v) is 15.2. The first kappa shape index (κ1) is 26.8. The van der Waals surface area contributed by atoms with Gasteiger partial charge >= 0.3 is 6.09 Å². The van der Waals surface area contributed by atoms with Crippen molar-refractivity contribution in [3.63, 3.8) is 0 Å². The standard InChI is InChI=1S/C33H44N2O4/c1-7-39-27(38)35-33-14-10-28(2,3)18-21(33)25-22(36)16-24-29(4)17-20(19-34)26(37)32(12-13-32)23(29)8-9-30(24,5)31(25,6)11-15-33/h16-17,21,23,25H,7-15,18H2,1-6H3,(H,35,38)/t21-,23+,25-,29-,30+,31+,33-/m0/s1. The largest absolute Gasteiger partial charge is 0.450 e. The van der Waals surface area contributed by atoms with Crippen molar-refractivity contribution in [3.05, 3.63) is 23.3 Å². The average Bonchev–Trinajstić information content (AvgIpc) is 3.65. The Bertz CT molecular complexity index is 1270. The Kier molecular flexibility index (Phi) is 5.55.